The van der Waals surface area contributed by atoms with Crippen molar-refractivity contribution < 1.29 is 14.7 Å². The highest BCUT2D eigenvalue weighted by molar-refractivity contribution is 9.10. The number of aliphatic carboxylic acids is 1. The number of nitrogens with zero attached hydrogens (tertiary/aromatic N) is 1. The minimum absolute atomic E-state index is 0.00204. The van der Waals surface area contributed by atoms with Crippen LogP contribution >= 0.6 is 27.3 Å². The summed E-state index contributed by atoms with van der Waals surface area (Å²) in [5, 5.41) is 9.02. The Morgan fingerprint density at radius 2 is 1.74 bits per heavy atom. The molecule has 0 bridgehead atoms. The lowest BCUT2D eigenvalue weighted by Gasteiger charge is -2.29. The van der Waals surface area contributed by atoms with E-state index in [1.165, 1.54) is 11.3 Å². The zero-order chi connectivity index (χ0) is 16.4. The van der Waals surface area contributed by atoms with Crippen molar-refractivity contribution in [3.63, 3.8) is 0 Å². The second kappa shape index (κ2) is 6.84. The highest BCUT2D eigenvalue weighted by Crippen LogP contribution is 2.30. The Morgan fingerprint density at radius 3 is 2.35 bits per heavy atom. The average molecular weight is 394 g/mol. The Bertz CT molecular complexity index is 718. The maximum atomic E-state index is 12.6. The van der Waals surface area contributed by atoms with Gasteiger partial charge < -0.3 is 10.0 Å². The number of thiophene rings is 1. The van der Waals surface area contributed by atoms with Crippen molar-refractivity contribution in [2.24, 2.45) is 5.92 Å². The van der Waals surface area contributed by atoms with Crippen LogP contribution < -0.4 is 0 Å². The third-order valence-electron chi connectivity index (χ3n) is 4.08. The second-order valence-corrected chi connectivity index (χ2v) is 7.57. The molecule has 4 nitrogen and oxygen atoms in total. The molecule has 6 heteroatoms. The number of carboxylic acid groups (broad SMARTS) is 1. The van der Waals surface area contributed by atoms with Crippen molar-refractivity contribution in [1.29, 1.82) is 0 Å². The average Bonchev–Trinajstić information content (AvgIpc) is 3.05. The van der Waals surface area contributed by atoms with Gasteiger partial charge in [0.1, 0.15) is 0 Å². The molecule has 23 heavy (non-hydrogen) atoms. The summed E-state index contributed by atoms with van der Waals surface area (Å²) in [6.07, 6.45) is 1.07. The van der Waals surface area contributed by atoms with Crippen LogP contribution in [0.25, 0.3) is 10.4 Å². The van der Waals surface area contributed by atoms with Crippen molar-refractivity contribution in [3.05, 3.63) is 45.7 Å². The minimum atomic E-state index is -0.759. The lowest BCUT2D eigenvalue weighted by molar-refractivity contribution is -0.143. The summed E-state index contributed by atoms with van der Waals surface area (Å²) >= 11 is 4.89. The molecule has 0 spiro atoms. The first-order valence-corrected chi connectivity index (χ1v) is 9.03. The maximum Gasteiger partial charge on any atom is 0.306 e. The summed E-state index contributed by atoms with van der Waals surface area (Å²) in [6.45, 7) is 1.03. The lowest BCUT2D eigenvalue weighted by atomic mass is 9.97. The van der Waals surface area contributed by atoms with Crippen molar-refractivity contribution >= 4 is 39.1 Å². The van der Waals surface area contributed by atoms with Crippen LogP contribution in [0.4, 0.5) is 0 Å². The van der Waals surface area contributed by atoms with Gasteiger partial charge in [0, 0.05) is 22.4 Å². The quantitative estimate of drug-likeness (QED) is 0.852. The standard InChI is InChI=1S/C17H16BrNO3S/c18-13-3-1-11(2-4-13)14-5-6-15(23-14)16(20)19-9-7-12(8-10-19)17(21)22/h1-6,12H,7-10H2,(H,21,22). The highest BCUT2D eigenvalue weighted by Gasteiger charge is 2.28. The molecule has 0 radical (unpaired) electrons. The van der Waals surface area contributed by atoms with Crippen molar-refractivity contribution in [2.45, 2.75) is 12.8 Å². The molecular weight excluding hydrogens is 378 g/mol. The van der Waals surface area contributed by atoms with Gasteiger partial charge in [0.05, 0.1) is 10.8 Å². The normalized spacial score (nSPS) is 15.6. The topological polar surface area (TPSA) is 57.6 Å². The van der Waals surface area contributed by atoms with Crippen LogP contribution in [-0.2, 0) is 4.79 Å². The summed E-state index contributed by atoms with van der Waals surface area (Å²) < 4.78 is 1.02. The number of piperidine rings is 1. The highest BCUT2D eigenvalue weighted by atomic mass is 79.9. The van der Waals surface area contributed by atoms with Gasteiger partial charge in [-0.3, -0.25) is 9.59 Å². The lowest BCUT2D eigenvalue weighted by Crippen LogP contribution is -2.39. The number of amides is 1. The van der Waals surface area contributed by atoms with E-state index in [9.17, 15) is 9.59 Å². The summed E-state index contributed by atoms with van der Waals surface area (Å²) in [5.41, 5.74) is 1.09. The van der Waals surface area contributed by atoms with E-state index in [0.717, 1.165) is 14.9 Å². The second-order valence-electron chi connectivity index (χ2n) is 5.58. The van der Waals surface area contributed by atoms with E-state index in [0.29, 0.717) is 30.8 Å². The van der Waals surface area contributed by atoms with Gasteiger partial charge in [0.15, 0.2) is 0 Å². The first kappa shape index (κ1) is 16.2. The van der Waals surface area contributed by atoms with Crippen LogP contribution in [0.5, 0.6) is 0 Å². The molecule has 0 aliphatic carbocycles. The minimum Gasteiger partial charge on any atom is -0.481 e. The van der Waals surface area contributed by atoms with Gasteiger partial charge in [0.2, 0.25) is 0 Å². The van der Waals surface area contributed by atoms with Crippen LogP contribution in [-0.4, -0.2) is 35.0 Å². The zero-order valence-electron chi connectivity index (χ0n) is 12.4. The Morgan fingerprint density at radius 1 is 1.09 bits per heavy atom. The van der Waals surface area contributed by atoms with Gasteiger partial charge in [-0.15, -0.1) is 11.3 Å². The van der Waals surface area contributed by atoms with Gasteiger partial charge in [-0.05, 0) is 42.7 Å². The van der Waals surface area contributed by atoms with Crippen LogP contribution in [0.1, 0.15) is 22.5 Å². The number of carbonyl (C=O) groups excluding carboxylic acids is 1. The molecule has 2 aromatic rings. The van der Waals surface area contributed by atoms with E-state index in [1.807, 2.05) is 36.4 Å². The number of carbonyl (C=O) groups is 2. The Kier molecular flexibility index (Phi) is 4.82. The molecule has 0 unspecified atom stereocenters. The molecule has 1 fully saturated rings. The number of rotatable bonds is 3. The van der Waals surface area contributed by atoms with Crippen molar-refractivity contribution in [2.75, 3.05) is 13.1 Å². The largest absolute Gasteiger partial charge is 0.481 e. The molecule has 2 heterocycles. The molecule has 0 atom stereocenters. The van der Waals surface area contributed by atoms with Crippen LogP contribution in [0.3, 0.4) is 0 Å². The first-order chi connectivity index (χ1) is 11.0. The predicted molar refractivity (Wildman–Crippen MR) is 93.7 cm³/mol. The van der Waals surface area contributed by atoms with Gasteiger partial charge in [0.25, 0.3) is 5.91 Å². The van der Waals surface area contributed by atoms with Crippen LogP contribution in [0.15, 0.2) is 40.9 Å². The monoisotopic (exact) mass is 393 g/mol. The van der Waals surface area contributed by atoms with Crippen LogP contribution in [0.2, 0.25) is 0 Å². The smallest absolute Gasteiger partial charge is 0.306 e. The van der Waals surface area contributed by atoms with Gasteiger partial charge in [-0.2, -0.15) is 0 Å². The number of carboxylic acids is 1. The fraction of sp³-hybridized carbons (Fsp3) is 0.294. The number of hydrogen-bond acceptors (Lipinski definition) is 3. The van der Waals surface area contributed by atoms with Crippen LogP contribution in [0, 0.1) is 5.92 Å². The van der Waals surface area contributed by atoms with E-state index < -0.39 is 5.97 Å². The Hall–Kier alpha value is -1.66. The van der Waals surface area contributed by atoms with E-state index in [-0.39, 0.29) is 11.8 Å². The third-order valence-corrected chi connectivity index (χ3v) is 5.73. The van der Waals surface area contributed by atoms with E-state index in [4.69, 9.17) is 5.11 Å². The van der Waals surface area contributed by atoms with E-state index in [1.54, 1.807) is 4.90 Å². The fourth-order valence-electron chi connectivity index (χ4n) is 2.71. The first-order valence-electron chi connectivity index (χ1n) is 7.42. The molecule has 1 aromatic heterocycles. The van der Waals surface area contributed by atoms with Crippen molar-refractivity contribution in [1.82, 2.24) is 4.90 Å². The molecule has 0 saturated carbocycles. The van der Waals surface area contributed by atoms with Crippen molar-refractivity contribution in [3.8, 4) is 10.4 Å². The SMILES string of the molecule is O=C(O)C1CCN(C(=O)c2ccc(-c3ccc(Br)cc3)s2)CC1. The van der Waals surface area contributed by atoms with Gasteiger partial charge in [-0.25, -0.2) is 0 Å². The fourth-order valence-corrected chi connectivity index (χ4v) is 3.95. The number of likely N-dealkylation sites (tertiary alicyclic amines) is 1. The molecule has 1 aliphatic heterocycles. The zero-order valence-corrected chi connectivity index (χ0v) is 14.8. The van der Waals surface area contributed by atoms with Gasteiger partial charge >= 0.3 is 5.97 Å². The molecule has 1 saturated heterocycles. The summed E-state index contributed by atoms with van der Waals surface area (Å²) in [5.74, 6) is -1.08. The Labute approximate surface area is 146 Å². The van der Waals surface area contributed by atoms with E-state index in [2.05, 4.69) is 15.9 Å². The molecule has 1 aromatic carbocycles. The maximum absolute atomic E-state index is 12.6. The number of hydrogen-bond donors (Lipinski definition) is 1. The molecule has 120 valence electrons. The summed E-state index contributed by atoms with van der Waals surface area (Å²) in [4.78, 5) is 27.1. The molecule has 1 N–H and O–H groups in total. The molecule has 1 aliphatic rings. The third kappa shape index (κ3) is 3.64. The molecule has 3 rings (SSSR count). The number of halogens is 1. The van der Waals surface area contributed by atoms with Gasteiger partial charge in [-0.1, -0.05) is 28.1 Å². The van der Waals surface area contributed by atoms with E-state index >= 15 is 0 Å². The molecular formula is C17H16BrNO3S. The predicted octanol–water partition coefficient (Wildman–Crippen LogP) is 4.11. The summed E-state index contributed by atoms with van der Waals surface area (Å²) in [6, 6.07) is 11.8. The molecule has 1 amide bonds. The summed E-state index contributed by atoms with van der Waals surface area (Å²) in [7, 11) is 0. The Balaban J connectivity index is 1.69. The number of benzene rings is 1.